The van der Waals surface area contributed by atoms with Crippen LogP contribution in [0.2, 0.25) is 0 Å². The molecule has 8 heavy (non-hydrogen) atoms. The van der Waals surface area contributed by atoms with Gasteiger partial charge in [-0.1, -0.05) is 47.8 Å². The van der Waals surface area contributed by atoms with E-state index in [0.717, 1.165) is 0 Å². The first kappa shape index (κ1) is 7.02. The maximum Gasteiger partial charge on any atom is 0.251 e. The topological polar surface area (TPSA) is 29.1 Å². The molecule has 0 saturated carbocycles. The van der Waals surface area contributed by atoms with E-state index in [4.69, 9.17) is 0 Å². The van der Waals surface area contributed by atoms with Gasteiger partial charge >= 0.3 is 0 Å². The maximum absolute atomic E-state index is 10.5. The zero-order valence-corrected chi connectivity index (χ0v) is 8.38. The first-order valence-corrected chi connectivity index (χ1v) is 4.38. The predicted molar refractivity (Wildman–Crippen MR) is 41.4 cm³/mol. The van der Waals surface area contributed by atoms with Crippen molar-refractivity contribution in [3.05, 3.63) is 0 Å². The Balaban J connectivity index is 2.66. The largest absolute Gasteiger partial charge is 0.339 e. The van der Waals surface area contributed by atoms with E-state index in [2.05, 4.69) is 53.1 Å². The molecule has 0 aromatic heterocycles. The summed E-state index contributed by atoms with van der Waals surface area (Å²) in [6.45, 7) is 0. The van der Waals surface area contributed by atoms with Gasteiger partial charge in [0.2, 0.25) is 0 Å². The Morgan fingerprint density at radius 3 is 2.12 bits per heavy atom. The van der Waals surface area contributed by atoms with E-state index in [1.54, 1.807) is 0 Å². The van der Waals surface area contributed by atoms with Crippen LogP contribution in [0.1, 0.15) is 0 Å². The molecule has 0 aromatic rings. The van der Waals surface area contributed by atoms with Gasteiger partial charge in [0.1, 0.15) is 4.95 Å². The number of alkyl halides is 3. The van der Waals surface area contributed by atoms with Crippen molar-refractivity contribution in [2.75, 3.05) is 0 Å². The van der Waals surface area contributed by atoms with Crippen molar-refractivity contribution < 1.29 is 4.79 Å². The summed E-state index contributed by atoms with van der Waals surface area (Å²) >= 11 is 9.50. The number of rotatable bonds is 0. The second-order valence-corrected chi connectivity index (χ2v) is 5.94. The molecular weight excluding hydrogens is 306 g/mol. The number of amides is 1. The van der Waals surface area contributed by atoms with Crippen LogP contribution in [0.15, 0.2) is 0 Å². The molecule has 1 atom stereocenters. The highest BCUT2D eigenvalue weighted by molar-refractivity contribution is 9.26. The molecule has 1 rings (SSSR count). The van der Waals surface area contributed by atoms with Crippen molar-refractivity contribution in [3.8, 4) is 0 Å². The monoisotopic (exact) mass is 305 g/mol. The zero-order valence-electron chi connectivity index (χ0n) is 3.62. The van der Waals surface area contributed by atoms with E-state index in [-0.39, 0.29) is 10.9 Å². The molecule has 1 aliphatic heterocycles. The number of halogens is 3. The molecular formula is C3H2Br3NO. The lowest BCUT2D eigenvalue weighted by atomic mass is 10.3. The van der Waals surface area contributed by atoms with Gasteiger partial charge in [0, 0.05) is 0 Å². The minimum atomic E-state index is -0.569. The standard InChI is InChI=1S/C3H2Br3NO/c4-1-3(5,6)2(8)7-1/h1H,(H,7,8). The van der Waals surface area contributed by atoms with E-state index >= 15 is 0 Å². The summed E-state index contributed by atoms with van der Waals surface area (Å²) in [6, 6.07) is 0. The average molecular weight is 308 g/mol. The highest BCUT2D eigenvalue weighted by Crippen LogP contribution is 2.39. The summed E-state index contributed by atoms with van der Waals surface area (Å²) in [7, 11) is 0. The molecule has 1 heterocycles. The fourth-order valence-corrected chi connectivity index (χ4v) is 1.21. The molecule has 5 heteroatoms. The van der Waals surface area contributed by atoms with Crippen LogP contribution in [-0.2, 0) is 4.79 Å². The van der Waals surface area contributed by atoms with Gasteiger partial charge in [-0.25, -0.2) is 0 Å². The van der Waals surface area contributed by atoms with Gasteiger partial charge in [0.25, 0.3) is 5.91 Å². The summed E-state index contributed by atoms with van der Waals surface area (Å²) in [4.78, 5) is 10.5. The van der Waals surface area contributed by atoms with Crippen LogP contribution >= 0.6 is 47.8 Å². The number of carbonyl (C=O) groups is 1. The molecule has 1 amide bonds. The lowest BCUT2D eigenvalue weighted by Gasteiger charge is -2.35. The van der Waals surface area contributed by atoms with Gasteiger partial charge in [-0.2, -0.15) is 0 Å². The zero-order chi connectivity index (χ0) is 6.36. The maximum atomic E-state index is 10.5. The fraction of sp³-hybridized carbons (Fsp3) is 0.667. The van der Waals surface area contributed by atoms with E-state index in [0.29, 0.717) is 0 Å². The molecule has 1 aliphatic rings. The lowest BCUT2D eigenvalue weighted by Crippen LogP contribution is -2.62. The van der Waals surface area contributed by atoms with Gasteiger partial charge in [0.15, 0.2) is 3.23 Å². The number of hydrogen-bond acceptors (Lipinski definition) is 1. The molecule has 0 radical (unpaired) electrons. The molecule has 1 fully saturated rings. The van der Waals surface area contributed by atoms with Gasteiger partial charge < -0.3 is 5.32 Å². The second kappa shape index (κ2) is 1.95. The van der Waals surface area contributed by atoms with Crippen LogP contribution in [0, 0.1) is 0 Å². The fourth-order valence-electron chi connectivity index (χ4n) is 0.339. The predicted octanol–water partition coefficient (Wildman–Crippen LogP) is 1.32. The van der Waals surface area contributed by atoms with Crippen LogP contribution in [0.4, 0.5) is 0 Å². The van der Waals surface area contributed by atoms with Crippen LogP contribution < -0.4 is 5.32 Å². The summed E-state index contributed by atoms with van der Waals surface area (Å²) in [5, 5.41) is 2.58. The highest BCUT2D eigenvalue weighted by atomic mass is 79.9. The summed E-state index contributed by atoms with van der Waals surface area (Å²) in [6.07, 6.45) is 0. The summed E-state index contributed by atoms with van der Waals surface area (Å²) in [5.74, 6) is -0.0422. The third-order valence-electron chi connectivity index (χ3n) is 0.879. The Morgan fingerprint density at radius 1 is 1.62 bits per heavy atom. The average Bonchev–Trinajstić information content (AvgIpc) is 1.68. The second-order valence-electron chi connectivity index (χ2n) is 1.46. The molecule has 0 aliphatic carbocycles. The van der Waals surface area contributed by atoms with Crippen molar-refractivity contribution in [2.45, 2.75) is 8.18 Å². The Bertz CT molecular complexity index is 134. The molecule has 46 valence electrons. The number of β-lactam (4-membered cyclic amide) rings is 1. The normalized spacial score (nSPS) is 33.4. The number of carbonyl (C=O) groups excluding carboxylic acids is 1. The van der Waals surface area contributed by atoms with E-state index in [1.807, 2.05) is 0 Å². The van der Waals surface area contributed by atoms with Gasteiger partial charge in [-0.15, -0.1) is 0 Å². The van der Waals surface area contributed by atoms with Crippen LogP contribution in [-0.4, -0.2) is 14.1 Å². The molecule has 1 saturated heterocycles. The van der Waals surface area contributed by atoms with Crippen molar-refractivity contribution in [1.82, 2.24) is 5.32 Å². The molecule has 0 bridgehead atoms. The number of nitrogens with one attached hydrogen (secondary N) is 1. The van der Waals surface area contributed by atoms with Crippen molar-refractivity contribution >= 4 is 53.7 Å². The Labute approximate surface area is 71.8 Å². The van der Waals surface area contributed by atoms with Crippen molar-refractivity contribution in [3.63, 3.8) is 0 Å². The van der Waals surface area contributed by atoms with Gasteiger partial charge in [-0.3, -0.25) is 4.79 Å². The molecule has 0 aromatic carbocycles. The van der Waals surface area contributed by atoms with E-state index < -0.39 is 3.23 Å². The van der Waals surface area contributed by atoms with Gasteiger partial charge in [0.05, 0.1) is 0 Å². The molecule has 2 nitrogen and oxygen atoms in total. The molecule has 1 N–H and O–H groups in total. The number of hydrogen-bond donors (Lipinski definition) is 1. The molecule has 1 unspecified atom stereocenters. The highest BCUT2D eigenvalue weighted by Gasteiger charge is 2.50. The van der Waals surface area contributed by atoms with E-state index in [1.165, 1.54) is 0 Å². The Morgan fingerprint density at radius 2 is 2.12 bits per heavy atom. The SMILES string of the molecule is O=C1NC(Br)C1(Br)Br. The Kier molecular flexibility index (Phi) is 1.71. The first-order chi connectivity index (χ1) is 3.55. The Hall–Kier alpha value is 0.910. The third kappa shape index (κ3) is 0.844. The molecule has 0 spiro atoms. The quantitative estimate of drug-likeness (QED) is 0.408. The third-order valence-corrected chi connectivity index (χ3v) is 4.66. The smallest absolute Gasteiger partial charge is 0.251 e. The summed E-state index contributed by atoms with van der Waals surface area (Å²) < 4.78 is -0.569. The minimum Gasteiger partial charge on any atom is -0.339 e. The summed E-state index contributed by atoms with van der Waals surface area (Å²) in [5.41, 5.74) is 0. The van der Waals surface area contributed by atoms with Crippen LogP contribution in [0.3, 0.4) is 0 Å². The lowest BCUT2D eigenvalue weighted by molar-refractivity contribution is -0.126. The first-order valence-electron chi connectivity index (χ1n) is 1.88. The van der Waals surface area contributed by atoms with Crippen LogP contribution in [0.25, 0.3) is 0 Å². The van der Waals surface area contributed by atoms with E-state index in [9.17, 15) is 4.79 Å². The minimum absolute atomic E-state index is 0.00231. The van der Waals surface area contributed by atoms with Crippen molar-refractivity contribution in [2.24, 2.45) is 0 Å². The van der Waals surface area contributed by atoms with Gasteiger partial charge in [-0.05, 0) is 0 Å². The van der Waals surface area contributed by atoms with Crippen LogP contribution in [0.5, 0.6) is 0 Å². The van der Waals surface area contributed by atoms with Crippen molar-refractivity contribution in [1.29, 1.82) is 0 Å².